The Morgan fingerprint density at radius 2 is 1.86 bits per heavy atom. The van der Waals surface area contributed by atoms with Gasteiger partial charge in [0.1, 0.15) is 0 Å². The van der Waals surface area contributed by atoms with Gasteiger partial charge in [0.15, 0.2) is 0 Å². The van der Waals surface area contributed by atoms with Crippen LogP contribution in [0.5, 0.6) is 0 Å². The van der Waals surface area contributed by atoms with Crippen LogP contribution in [0.25, 0.3) is 21.7 Å². The summed E-state index contributed by atoms with van der Waals surface area (Å²) in [5.74, 6) is 0. The molecule has 4 aromatic rings. The molecule has 146 valence electrons. The van der Waals surface area contributed by atoms with Gasteiger partial charge in [0.25, 0.3) is 0 Å². The Morgan fingerprint density at radius 3 is 2.72 bits per heavy atom. The second kappa shape index (κ2) is 7.66. The highest BCUT2D eigenvalue weighted by Gasteiger charge is 2.25. The summed E-state index contributed by atoms with van der Waals surface area (Å²) in [6.45, 7) is 5.12. The first kappa shape index (κ1) is 18.4. The molecule has 0 saturated heterocycles. The molecule has 0 bridgehead atoms. The third-order valence-electron chi connectivity index (χ3n) is 5.71. The Kier molecular flexibility index (Phi) is 4.86. The summed E-state index contributed by atoms with van der Waals surface area (Å²) in [7, 11) is 0. The molecule has 3 nitrogen and oxygen atoms in total. The van der Waals surface area contributed by atoms with Gasteiger partial charge in [0, 0.05) is 40.3 Å². The van der Waals surface area contributed by atoms with Gasteiger partial charge >= 0.3 is 0 Å². The standard InChI is InChI=1S/C25H24ClN3/c1-2-3-12-29-15-23(27-20-10-8-17-6-4-5-7-18(17)13-20)25-21-14-19(26)9-11-22(21)28-24(25)16-29/h4-11,13-14,28H,2-3,12,15-16H2,1H3. The summed E-state index contributed by atoms with van der Waals surface area (Å²) in [4.78, 5) is 11.2. The van der Waals surface area contributed by atoms with Crippen molar-refractivity contribution in [1.82, 2.24) is 9.88 Å². The Balaban J connectivity index is 1.64. The summed E-state index contributed by atoms with van der Waals surface area (Å²) in [6, 6.07) is 20.9. The minimum Gasteiger partial charge on any atom is -0.357 e. The van der Waals surface area contributed by atoms with Crippen molar-refractivity contribution in [3.05, 3.63) is 76.9 Å². The van der Waals surface area contributed by atoms with E-state index in [-0.39, 0.29) is 0 Å². The summed E-state index contributed by atoms with van der Waals surface area (Å²) >= 11 is 6.32. The summed E-state index contributed by atoms with van der Waals surface area (Å²) in [5, 5.41) is 4.39. The van der Waals surface area contributed by atoms with E-state index in [0.29, 0.717) is 0 Å². The number of hydrogen-bond donors (Lipinski definition) is 1. The lowest BCUT2D eigenvalue weighted by Crippen LogP contribution is -2.35. The van der Waals surface area contributed by atoms with Gasteiger partial charge in [-0.05, 0) is 54.1 Å². The number of benzene rings is 3. The highest BCUT2D eigenvalue weighted by atomic mass is 35.5. The molecule has 29 heavy (non-hydrogen) atoms. The summed E-state index contributed by atoms with van der Waals surface area (Å²) < 4.78 is 0. The number of aromatic amines is 1. The minimum absolute atomic E-state index is 0.762. The van der Waals surface area contributed by atoms with Gasteiger partial charge in [-0.3, -0.25) is 9.89 Å². The van der Waals surface area contributed by atoms with Gasteiger partial charge in [-0.25, -0.2) is 0 Å². The zero-order valence-corrected chi connectivity index (χ0v) is 17.3. The quantitative estimate of drug-likeness (QED) is 0.404. The topological polar surface area (TPSA) is 31.4 Å². The highest BCUT2D eigenvalue weighted by Crippen LogP contribution is 2.32. The van der Waals surface area contributed by atoms with E-state index >= 15 is 0 Å². The Hall–Kier alpha value is -2.62. The maximum atomic E-state index is 6.32. The average Bonchev–Trinajstić information content (AvgIpc) is 3.10. The van der Waals surface area contributed by atoms with E-state index in [2.05, 4.69) is 71.4 Å². The van der Waals surface area contributed by atoms with Crippen LogP contribution in [0.15, 0.2) is 65.7 Å². The van der Waals surface area contributed by atoms with Crippen molar-refractivity contribution in [3.63, 3.8) is 0 Å². The number of rotatable bonds is 4. The average molecular weight is 402 g/mol. The lowest BCUT2D eigenvalue weighted by molar-refractivity contribution is 0.289. The molecule has 0 unspecified atom stereocenters. The van der Waals surface area contributed by atoms with Crippen LogP contribution in [0.3, 0.4) is 0 Å². The van der Waals surface area contributed by atoms with E-state index in [4.69, 9.17) is 16.6 Å². The van der Waals surface area contributed by atoms with E-state index in [9.17, 15) is 0 Å². The van der Waals surface area contributed by atoms with Crippen molar-refractivity contribution < 1.29 is 0 Å². The number of hydrogen-bond acceptors (Lipinski definition) is 2. The zero-order valence-electron chi connectivity index (χ0n) is 16.6. The van der Waals surface area contributed by atoms with Crippen LogP contribution >= 0.6 is 11.6 Å². The molecule has 5 rings (SSSR count). The second-order valence-electron chi connectivity index (χ2n) is 7.82. The van der Waals surface area contributed by atoms with E-state index in [1.165, 1.54) is 40.3 Å². The number of nitrogens with zero attached hydrogens (tertiary/aromatic N) is 2. The fraction of sp³-hybridized carbons (Fsp3) is 0.240. The van der Waals surface area contributed by atoms with Crippen molar-refractivity contribution >= 4 is 44.7 Å². The molecule has 0 fully saturated rings. The molecule has 0 spiro atoms. The SMILES string of the molecule is CCCCN1CC(=Nc2ccc3ccccc3c2)c2c([nH]c3ccc(Cl)cc23)C1. The molecule has 4 heteroatoms. The van der Waals surface area contributed by atoms with Gasteiger partial charge in [0.05, 0.1) is 11.4 Å². The number of nitrogens with one attached hydrogen (secondary N) is 1. The first-order valence-corrected chi connectivity index (χ1v) is 10.7. The predicted molar refractivity (Wildman–Crippen MR) is 124 cm³/mol. The van der Waals surface area contributed by atoms with Crippen molar-refractivity contribution in [1.29, 1.82) is 0 Å². The number of aromatic nitrogens is 1. The third kappa shape index (κ3) is 3.57. The Morgan fingerprint density at radius 1 is 1.00 bits per heavy atom. The molecule has 0 aliphatic carbocycles. The number of H-pyrrole nitrogens is 1. The monoisotopic (exact) mass is 401 g/mol. The Labute approximate surface area is 176 Å². The second-order valence-corrected chi connectivity index (χ2v) is 8.26. The zero-order chi connectivity index (χ0) is 19.8. The largest absolute Gasteiger partial charge is 0.357 e. The van der Waals surface area contributed by atoms with Crippen LogP contribution in [-0.4, -0.2) is 28.7 Å². The molecule has 0 saturated carbocycles. The molecular formula is C25H24ClN3. The van der Waals surface area contributed by atoms with E-state index in [0.717, 1.165) is 41.6 Å². The van der Waals surface area contributed by atoms with E-state index in [1.54, 1.807) is 0 Å². The van der Waals surface area contributed by atoms with Crippen molar-refractivity contribution in [2.24, 2.45) is 4.99 Å². The lowest BCUT2D eigenvalue weighted by Gasteiger charge is -2.28. The fourth-order valence-corrected chi connectivity index (χ4v) is 4.44. The molecule has 1 N–H and O–H groups in total. The number of halogens is 1. The van der Waals surface area contributed by atoms with Gasteiger partial charge in [-0.15, -0.1) is 0 Å². The molecule has 1 aliphatic rings. The molecular weight excluding hydrogens is 378 g/mol. The van der Waals surface area contributed by atoms with Crippen molar-refractivity contribution in [2.75, 3.05) is 13.1 Å². The molecule has 2 heterocycles. The van der Waals surface area contributed by atoms with E-state index < -0.39 is 0 Å². The minimum atomic E-state index is 0.762. The normalized spacial score (nSPS) is 16.0. The van der Waals surface area contributed by atoms with Gasteiger partial charge in [-0.1, -0.05) is 55.3 Å². The molecule has 1 aromatic heterocycles. The van der Waals surface area contributed by atoms with Crippen molar-refractivity contribution in [3.8, 4) is 0 Å². The van der Waals surface area contributed by atoms with Gasteiger partial charge < -0.3 is 4.98 Å². The lowest BCUT2D eigenvalue weighted by atomic mass is 10.0. The number of unbranched alkanes of at least 4 members (excludes halogenated alkanes) is 1. The highest BCUT2D eigenvalue weighted by molar-refractivity contribution is 6.31. The summed E-state index contributed by atoms with van der Waals surface area (Å²) in [5.41, 5.74) is 5.71. The maximum Gasteiger partial charge on any atom is 0.0648 e. The van der Waals surface area contributed by atoms with Crippen LogP contribution in [0.4, 0.5) is 5.69 Å². The predicted octanol–water partition coefficient (Wildman–Crippen LogP) is 6.71. The van der Waals surface area contributed by atoms with Crippen LogP contribution < -0.4 is 0 Å². The van der Waals surface area contributed by atoms with Crippen LogP contribution in [0.2, 0.25) is 5.02 Å². The molecule has 1 aliphatic heterocycles. The molecule has 0 amide bonds. The smallest absolute Gasteiger partial charge is 0.0648 e. The first-order chi connectivity index (χ1) is 14.2. The summed E-state index contributed by atoms with van der Waals surface area (Å²) in [6.07, 6.45) is 2.40. The molecule has 0 radical (unpaired) electrons. The maximum absolute atomic E-state index is 6.32. The van der Waals surface area contributed by atoms with Crippen molar-refractivity contribution in [2.45, 2.75) is 26.3 Å². The van der Waals surface area contributed by atoms with Gasteiger partial charge in [0.2, 0.25) is 0 Å². The molecule has 3 aromatic carbocycles. The van der Waals surface area contributed by atoms with Crippen LogP contribution in [0, 0.1) is 0 Å². The Bertz CT molecular complexity index is 1220. The van der Waals surface area contributed by atoms with E-state index in [1.807, 2.05) is 6.07 Å². The number of aliphatic imine (C=N–C) groups is 1. The van der Waals surface area contributed by atoms with Crippen LogP contribution in [0.1, 0.15) is 31.0 Å². The molecule has 0 atom stereocenters. The fourth-order valence-electron chi connectivity index (χ4n) is 4.27. The first-order valence-electron chi connectivity index (χ1n) is 10.3. The third-order valence-corrected chi connectivity index (χ3v) is 5.94. The van der Waals surface area contributed by atoms with Crippen LogP contribution in [-0.2, 0) is 6.54 Å². The number of fused-ring (bicyclic) bond motifs is 4. The van der Waals surface area contributed by atoms with Gasteiger partial charge in [-0.2, -0.15) is 0 Å².